The molecule has 5 rings (SSSR count). The maximum absolute atomic E-state index is 13.7. The maximum Gasteiger partial charge on any atom is 0.295 e. The molecule has 0 aliphatic carbocycles. The number of nitrogens with zero attached hydrogens (tertiary/aromatic N) is 3. The lowest BCUT2D eigenvalue weighted by Crippen LogP contribution is -2.51. The minimum absolute atomic E-state index is 0.0528. The summed E-state index contributed by atoms with van der Waals surface area (Å²) >= 11 is 7.50. The maximum atomic E-state index is 13.7. The van der Waals surface area contributed by atoms with Gasteiger partial charge in [0.05, 0.1) is 15.9 Å². The van der Waals surface area contributed by atoms with Gasteiger partial charge in [-0.15, -0.1) is 11.3 Å². The molecule has 3 heterocycles. The van der Waals surface area contributed by atoms with E-state index in [4.69, 9.17) is 16.0 Å². The summed E-state index contributed by atoms with van der Waals surface area (Å²) in [5.41, 5.74) is 2.55. The lowest BCUT2D eigenvalue weighted by atomic mass is 9.90. The summed E-state index contributed by atoms with van der Waals surface area (Å²) in [4.78, 5) is 25.4. The van der Waals surface area contributed by atoms with Crippen molar-refractivity contribution < 1.29 is 13.6 Å². The zero-order valence-electron chi connectivity index (χ0n) is 20.8. The Morgan fingerprint density at radius 2 is 1.97 bits per heavy atom. The zero-order valence-corrected chi connectivity index (χ0v) is 22.4. The number of hydrogen-bond donors (Lipinski definition) is 1. The third kappa shape index (κ3) is 5.55. The number of anilines is 1. The molecule has 1 amide bonds. The molecule has 0 saturated carbocycles. The van der Waals surface area contributed by atoms with Crippen LogP contribution in [0.2, 0.25) is 5.02 Å². The number of aromatic nitrogens is 2. The number of piperidine rings is 1. The monoisotopic (exact) mass is 528 g/mol. The summed E-state index contributed by atoms with van der Waals surface area (Å²) in [7, 11) is 0. The standard InChI is InChI=1S/C25H24ClFN4O2S.C2H6/c1-14-4-3-11-31(20(14)13-28-25-30-19-12-17(26)7-10-21(19)33-25)24(32)22-23(34-15(2)29-22)16-5-8-18(27)9-6-16;1-2/h5-10,12,14,20H,3-4,11,13H2,1-2H3,(H,28,30);1-2H3/t14-,20-;/m1./s1. The molecule has 1 aliphatic rings. The van der Waals surface area contributed by atoms with Crippen molar-refractivity contribution in [3.8, 4) is 10.4 Å². The van der Waals surface area contributed by atoms with Gasteiger partial charge in [-0.2, -0.15) is 4.98 Å². The van der Waals surface area contributed by atoms with Crippen LogP contribution in [0.15, 0.2) is 46.9 Å². The Hall–Kier alpha value is -2.97. The SMILES string of the molecule is CC.Cc1nc(C(=O)N2CCC[C@@H](C)[C@H]2CNc2nc3cc(Cl)ccc3o2)c(-c2ccc(F)cc2)s1. The number of thiazole rings is 1. The molecule has 0 bridgehead atoms. The first-order valence-corrected chi connectivity index (χ1v) is 13.4. The molecule has 0 spiro atoms. The Morgan fingerprint density at radius 3 is 2.72 bits per heavy atom. The number of hydrogen-bond acceptors (Lipinski definition) is 6. The molecular formula is C27H30ClFN4O2S. The topological polar surface area (TPSA) is 71.3 Å². The molecule has 6 nitrogen and oxygen atoms in total. The molecule has 190 valence electrons. The van der Waals surface area contributed by atoms with Crippen molar-refractivity contribution in [1.82, 2.24) is 14.9 Å². The van der Waals surface area contributed by atoms with Gasteiger partial charge in [-0.1, -0.05) is 44.5 Å². The van der Waals surface area contributed by atoms with Gasteiger partial charge in [-0.3, -0.25) is 4.79 Å². The molecule has 4 aromatic rings. The number of fused-ring (bicyclic) bond motifs is 1. The van der Waals surface area contributed by atoms with Gasteiger partial charge in [-0.25, -0.2) is 9.37 Å². The number of amides is 1. The average Bonchev–Trinajstić information content (AvgIpc) is 3.47. The first-order valence-electron chi connectivity index (χ1n) is 12.2. The Bertz CT molecular complexity index is 1340. The number of halogens is 2. The minimum atomic E-state index is -0.310. The van der Waals surface area contributed by atoms with Crippen LogP contribution >= 0.6 is 22.9 Å². The highest BCUT2D eigenvalue weighted by Gasteiger charge is 2.34. The zero-order chi connectivity index (χ0) is 25.8. The van der Waals surface area contributed by atoms with Crippen LogP contribution < -0.4 is 5.32 Å². The summed E-state index contributed by atoms with van der Waals surface area (Å²) in [6.07, 6.45) is 1.96. The van der Waals surface area contributed by atoms with E-state index in [1.54, 1.807) is 30.3 Å². The fraction of sp³-hybridized carbons (Fsp3) is 0.370. The quantitative estimate of drug-likeness (QED) is 0.291. The fourth-order valence-electron chi connectivity index (χ4n) is 4.49. The molecule has 9 heteroatoms. The van der Waals surface area contributed by atoms with Gasteiger partial charge in [0.1, 0.15) is 17.0 Å². The molecule has 0 radical (unpaired) electrons. The van der Waals surface area contributed by atoms with Gasteiger partial charge in [-0.05, 0) is 61.6 Å². The Kier molecular flexibility index (Phi) is 8.26. The van der Waals surface area contributed by atoms with Crippen molar-refractivity contribution in [2.24, 2.45) is 5.92 Å². The normalized spacial score (nSPS) is 17.6. The lowest BCUT2D eigenvalue weighted by molar-refractivity contribution is 0.0534. The van der Waals surface area contributed by atoms with E-state index in [-0.39, 0.29) is 23.7 Å². The number of likely N-dealkylation sites (tertiary alicyclic amines) is 1. The summed E-state index contributed by atoms with van der Waals surface area (Å²) < 4.78 is 19.2. The molecule has 1 saturated heterocycles. The van der Waals surface area contributed by atoms with Gasteiger partial charge in [0.15, 0.2) is 5.58 Å². The molecule has 1 N–H and O–H groups in total. The Morgan fingerprint density at radius 1 is 1.22 bits per heavy atom. The van der Waals surface area contributed by atoms with Crippen molar-refractivity contribution in [2.75, 3.05) is 18.4 Å². The second kappa shape index (κ2) is 11.4. The van der Waals surface area contributed by atoms with Crippen molar-refractivity contribution in [3.63, 3.8) is 0 Å². The highest BCUT2D eigenvalue weighted by atomic mass is 35.5. The molecule has 0 unspecified atom stereocenters. The van der Waals surface area contributed by atoms with Crippen molar-refractivity contribution in [2.45, 2.75) is 46.6 Å². The molecule has 1 aliphatic heterocycles. The van der Waals surface area contributed by atoms with E-state index in [1.165, 1.54) is 23.5 Å². The summed E-state index contributed by atoms with van der Waals surface area (Å²) in [6.45, 7) is 9.19. The lowest BCUT2D eigenvalue weighted by Gasteiger charge is -2.39. The van der Waals surface area contributed by atoms with Crippen LogP contribution in [0.1, 0.15) is 49.1 Å². The van der Waals surface area contributed by atoms with Gasteiger partial charge in [0, 0.05) is 18.1 Å². The van der Waals surface area contributed by atoms with E-state index in [2.05, 4.69) is 22.2 Å². The van der Waals surface area contributed by atoms with E-state index >= 15 is 0 Å². The number of rotatable bonds is 5. The molecule has 2 aromatic heterocycles. The third-order valence-electron chi connectivity index (χ3n) is 6.23. The molecular weight excluding hydrogens is 499 g/mol. The molecule has 1 fully saturated rings. The first kappa shape index (κ1) is 26.1. The number of benzene rings is 2. The van der Waals surface area contributed by atoms with Crippen LogP contribution in [0.3, 0.4) is 0 Å². The smallest absolute Gasteiger partial charge is 0.295 e. The number of oxazole rings is 1. The van der Waals surface area contributed by atoms with E-state index in [1.807, 2.05) is 25.7 Å². The van der Waals surface area contributed by atoms with Crippen LogP contribution in [0, 0.1) is 18.7 Å². The number of aryl methyl sites for hydroxylation is 1. The minimum Gasteiger partial charge on any atom is -0.424 e. The number of carbonyl (C=O) groups excluding carboxylic acids is 1. The van der Waals surface area contributed by atoms with Gasteiger partial charge in [0.2, 0.25) is 0 Å². The molecule has 36 heavy (non-hydrogen) atoms. The summed E-state index contributed by atoms with van der Waals surface area (Å²) in [5.74, 6) is -0.125. The van der Waals surface area contributed by atoms with Gasteiger partial charge < -0.3 is 14.6 Å². The summed E-state index contributed by atoms with van der Waals surface area (Å²) in [6, 6.07) is 11.8. The van der Waals surface area contributed by atoms with E-state index in [9.17, 15) is 9.18 Å². The molecule has 2 atom stereocenters. The predicted octanol–water partition coefficient (Wildman–Crippen LogP) is 7.43. The fourth-order valence-corrected chi connectivity index (χ4v) is 5.57. The Labute approximate surface area is 219 Å². The van der Waals surface area contributed by atoms with Crippen LogP contribution in [-0.4, -0.2) is 39.9 Å². The van der Waals surface area contributed by atoms with E-state index in [0.29, 0.717) is 40.9 Å². The van der Waals surface area contributed by atoms with Crippen LogP contribution in [-0.2, 0) is 0 Å². The van der Waals surface area contributed by atoms with Crippen LogP contribution in [0.4, 0.5) is 10.4 Å². The first-order chi connectivity index (χ1) is 17.4. The van der Waals surface area contributed by atoms with Crippen LogP contribution in [0.25, 0.3) is 21.5 Å². The van der Waals surface area contributed by atoms with E-state index in [0.717, 1.165) is 28.3 Å². The second-order valence-electron chi connectivity index (χ2n) is 8.61. The molecule has 2 aromatic carbocycles. The highest BCUT2D eigenvalue weighted by molar-refractivity contribution is 7.15. The second-order valence-corrected chi connectivity index (χ2v) is 10.3. The van der Waals surface area contributed by atoms with Gasteiger partial charge in [0.25, 0.3) is 11.9 Å². The van der Waals surface area contributed by atoms with Gasteiger partial charge >= 0.3 is 0 Å². The van der Waals surface area contributed by atoms with Crippen molar-refractivity contribution in [3.05, 3.63) is 64.0 Å². The number of carbonyl (C=O) groups is 1. The number of nitrogens with one attached hydrogen (secondary N) is 1. The summed E-state index contributed by atoms with van der Waals surface area (Å²) in [5, 5.41) is 4.67. The van der Waals surface area contributed by atoms with E-state index < -0.39 is 0 Å². The average molecular weight is 529 g/mol. The Balaban J connectivity index is 0.00000148. The highest BCUT2D eigenvalue weighted by Crippen LogP contribution is 2.33. The van der Waals surface area contributed by atoms with Crippen molar-refractivity contribution in [1.29, 1.82) is 0 Å². The van der Waals surface area contributed by atoms with Crippen molar-refractivity contribution >= 4 is 46.0 Å². The van der Waals surface area contributed by atoms with Crippen LogP contribution in [0.5, 0.6) is 0 Å². The third-order valence-corrected chi connectivity index (χ3v) is 7.49. The predicted molar refractivity (Wildman–Crippen MR) is 144 cm³/mol. The largest absolute Gasteiger partial charge is 0.424 e.